The number of nitrogens with one attached hydrogen (secondary N) is 1. The third-order valence-corrected chi connectivity index (χ3v) is 4.62. The van der Waals surface area contributed by atoms with Crippen LogP contribution in [-0.2, 0) is 19.6 Å². The number of halogens is 1. The molecule has 0 spiro atoms. The summed E-state index contributed by atoms with van der Waals surface area (Å²) in [7, 11) is 0. The lowest BCUT2D eigenvalue weighted by atomic mass is 10.1. The molecule has 0 amide bonds. The first-order chi connectivity index (χ1) is 12.3. The Morgan fingerprint density at radius 3 is 2.12 bits per heavy atom. The molecule has 0 aliphatic heterocycles. The minimum Gasteiger partial charge on any atom is -0.488 e. The normalized spacial score (nSPS) is 10.6. The van der Waals surface area contributed by atoms with Crippen molar-refractivity contribution in [2.24, 2.45) is 0 Å². The standard InChI is InChI=1S/C22H22BrNO/c23-21-15-20(16-24-14-13-18-7-3-1-4-8-18)11-12-22(21)25-17-19-9-5-2-6-10-19/h1-12,15,24H,13-14,16-17H2. The van der Waals surface area contributed by atoms with Gasteiger partial charge in [-0.25, -0.2) is 0 Å². The van der Waals surface area contributed by atoms with Crippen molar-refractivity contribution in [2.75, 3.05) is 6.54 Å². The molecule has 0 saturated heterocycles. The summed E-state index contributed by atoms with van der Waals surface area (Å²) >= 11 is 3.61. The van der Waals surface area contributed by atoms with E-state index in [9.17, 15) is 0 Å². The summed E-state index contributed by atoms with van der Waals surface area (Å²) in [6, 6.07) is 27.0. The van der Waals surface area contributed by atoms with Crippen molar-refractivity contribution in [2.45, 2.75) is 19.6 Å². The third kappa shape index (κ3) is 5.73. The molecule has 25 heavy (non-hydrogen) atoms. The Labute approximate surface area is 158 Å². The second kappa shape index (κ2) is 9.40. The molecule has 0 bridgehead atoms. The fourth-order valence-electron chi connectivity index (χ4n) is 2.62. The molecule has 0 aromatic heterocycles. The van der Waals surface area contributed by atoms with Gasteiger partial charge in [-0.3, -0.25) is 0 Å². The van der Waals surface area contributed by atoms with E-state index >= 15 is 0 Å². The van der Waals surface area contributed by atoms with Crippen LogP contribution >= 0.6 is 15.9 Å². The Morgan fingerprint density at radius 2 is 1.44 bits per heavy atom. The summed E-state index contributed by atoms with van der Waals surface area (Å²) in [5.41, 5.74) is 3.77. The number of benzene rings is 3. The lowest BCUT2D eigenvalue weighted by molar-refractivity contribution is 0.304. The zero-order valence-corrected chi connectivity index (χ0v) is 15.7. The van der Waals surface area contributed by atoms with E-state index in [1.165, 1.54) is 16.7 Å². The van der Waals surface area contributed by atoms with Crippen LogP contribution in [0.25, 0.3) is 0 Å². The zero-order chi connectivity index (χ0) is 17.3. The topological polar surface area (TPSA) is 21.3 Å². The minimum atomic E-state index is 0.577. The molecule has 0 aliphatic carbocycles. The average Bonchev–Trinajstić information content (AvgIpc) is 2.66. The summed E-state index contributed by atoms with van der Waals surface area (Å²) in [4.78, 5) is 0. The molecule has 0 radical (unpaired) electrons. The molecule has 0 saturated carbocycles. The molecule has 3 rings (SSSR count). The molecule has 0 aliphatic rings. The highest BCUT2D eigenvalue weighted by molar-refractivity contribution is 9.10. The highest BCUT2D eigenvalue weighted by Crippen LogP contribution is 2.26. The summed E-state index contributed by atoms with van der Waals surface area (Å²) in [6.07, 6.45) is 1.04. The van der Waals surface area contributed by atoms with Gasteiger partial charge < -0.3 is 10.1 Å². The molecule has 0 atom stereocenters. The molecule has 0 heterocycles. The van der Waals surface area contributed by atoms with Crippen LogP contribution in [0.4, 0.5) is 0 Å². The first kappa shape index (κ1) is 17.7. The predicted octanol–water partition coefficient (Wildman–Crippen LogP) is 5.36. The number of hydrogen-bond donors (Lipinski definition) is 1. The van der Waals surface area contributed by atoms with Crippen LogP contribution in [0, 0.1) is 0 Å². The van der Waals surface area contributed by atoms with E-state index in [2.05, 4.69) is 75.8 Å². The SMILES string of the molecule is Brc1cc(CNCCc2ccccc2)ccc1OCc1ccccc1. The van der Waals surface area contributed by atoms with Gasteiger partial charge in [-0.1, -0.05) is 66.7 Å². The maximum Gasteiger partial charge on any atom is 0.134 e. The largest absolute Gasteiger partial charge is 0.488 e. The van der Waals surface area contributed by atoms with Gasteiger partial charge >= 0.3 is 0 Å². The summed E-state index contributed by atoms with van der Waals surface area (Å²) in [5.74, 6) is 0.872. The van der Waals surface area contributed by atoms with E-state index in [-0.39, 0.29) is 0 Å². The van der Waals surface area contributed by atoms with Crippen LogP contribution < -0.4 is 10.1 Å². The quantitative estimate of drug-likeness (QED) is 0.518. The average molecular weight is 396 g/mol. The van der Waals surface area contributed by atoms with Crippen LogP contribution in [0.2, 0.25) is 0 Å². The molecule has 3 heteroatoms. The smallest absolute Gasteiger partial charge is 0.134 e. The van der Waals surface area contributed by atoms with Gasteiger partial charge in [0.15, 0.2) is 0 Å². The maximum absolute atomic E-state index is 5.89. The fraction of sp³-hybridized carbons (Fsp3) is 0.182. The second-order valence-electron chi connectivity index (χ2n) is 5.95. The number of hydrogen-bond acceptors (Lipinski definition) is 2. The van der Waals surface area contributed by atoms with Crippen molar-refractivity contribution in [1.82, 2.24) is 5.32 Å². The van der Waals surface area contributed by atoms with Gasteiger partial charge in [0.05, 0.1) is 4.47 Å². The van der Waals surface area contributed by atoms with Crippen LogP contribution in [-0.4, -0.2) is 6.54 Å². The van der Waals surface area contributed by atoms with Crippen molar-refractivity contribution in [3.05, 3.63) is 100 Å². The fourth-order valence-corrected chi connectivity index (χ4v) is 3.16. The van der Waals surface area contributed by atoms with Gasteiger partial charge in [-0.2, -0.15) is 0 Å². The van der Waals surface area contributed by atoms with Gasteiger partial charge in [0.25, 0.3) is 0 Å². The van der Waals surface area contributed by atoms with Gasteiger partial charge in [-0.15, -0.1) is 0 Å². The lowest BCUT2D eigenvalue weighted by Gasteiger charge is -2.11. The first-order valence-electron chi connectivity index (χ1n) is 8.51. The molecule has 2 nitrogen and oxygen atoms in total. The van der Waals surface area contributed by atoms with E-state index in [1.807, 2.05) is 24.3 Å². The summed E-state index contributed by atoms with van der Waals surface area (Å²) in [6.45, 7) is 2.40. The van der Waals surface area contributed by atoms with Gasteiger partial charge in [0.2, 0.25) is 0 Å². The van der Waals surface area contributed by atoms with Crippen LogP contribution in [0.1, 0.15) is 16.7 Å². The van der Waals surface area contributed by atoms with Crippen molar-refractivity contribution in [3.8, 4) is 5.75 Å². The number of ether oxygens (including phenoxy) is 1. The highest BCUT2D eigenvalue weighted by atomic mass is 79.9. The molecule has 128 valence electrons. The summed E-state index contributed by atoms with van der Waals surface area (Å²) < 4.78 is 6.89. The van der Waals surface area contributed by atoms with Crippen LogP contribution in [0.3, 0.4) is 0 Å². The van der Waals surface area contributed by atoms with Crippen molar-refractivity contribution in [3.63, 3.8) is 0 Å². The molecular weight excluding hydrogens is 374 g/mol. The zero-order valence-electron chi connectivity index (χ0n) is 14.1. The molecule has 3 aromatic carbocycles. The van der Waals surface area contributed by atoms with Crippen LogP contribution in [0.5, 0.6) is 5.75 Å². The lowest BCUT2D eigenvalue weighted by Crippen LogP contribution is -2.16. The summed E-state index contributed by atoms with van der Waals surface area (Å²) in [5, 5.41) is 3.49. The Balaban J connectivity index is 1.46. The predicted molar refractivity (Wildman–Crippen MR) is 107 cm³/mol. The van der Waals surface area contributed by atoms with E-state index < -0.39 is 0 Å². The van der Waals surface area contributed by atoms with E-state index in [0.717, 1.165) is 29.7 Å². The monoisotopic (exact) mass is 395 g/mol. The molecule has 0 unspecified atom stereocenters. The molecule has 1 N–H and O–H groups in total. The van der Waals surface area contributed by atoms with Crippen molar-refractivity contribution < 1.29 is 4.74 Å². The molecule has 0 fully saturated rings. The number of rotatable bonds is 8. The Kier molecular flexibility index (Phi) is 6.66. The molecule has 3 aromatic rings. The third-order valence-electron chi connectivity index (χ3n) is 4.00. The van der Waals surface area contributed by atoms with E-state index in [0.29, 0.717) is 6.61 Å². The Hall–Kier alpha value is -2.10. The van der Waals surface area contributed by atoms with Gasteiger partial charge in [0.1, 0.15) is 12.4 Å². The Morgan fingerprint density at radius 1 is 0.760 bits per heavy atom. The maximum atomic E-state index is 5.89. The first-order valence-corrected chi connectivity index (χ1v) is 9.30. The van der Waals surface area contributed by atoms with Gasteiger partial charge in [0, 0.05) is 6.54 Å². The second-order valence-corrected chi connectivity index (χ2v) is 6.81. The van der Waals surface area contributed by atoms with Crippen molar-refractivity contribution in [1.29, 1.82) is 0 Å². The Bertz CT molecular complexity index is 775. The highest BCUT2D eigenvalue weighted by Gasteiger charge is 2.03. The molecular formula is C22H22BrNO. The van der Waals surface area contributed by atoms with E-state index in [1.54, 1.807) is 0 Å². The van der Waals surface area contributed by atoms with Crippen molar-refractivity contribution >= 4 is 15.9 Å². The van der Waals surface area contributed by atoms with E-state index in [4.69, 9.17) is 4.74 Å². The van der Waals surface area contributed by atoms with Crippen LogP contribution in [0.15, 0.2) is 83.3 Å². The minimum absolute atomic E-state index is 0.577. The van der Waals surface area contributed by atoms with Gasteiger partial charge in [-0.05, 0) is 57.7 Å².